The lowest BCUT2D eigenvalue weighted by Gasteiger charge is -1.97. The first-order chi connectivity index (χ1) is 4.83. The Morgan fingerprint density at radius 3 is 2.91 bits per heavy atom. The summed E-state index contributed by atoms with van der Waals surface area (Å²) in [6.45, 7) is 1.87. The Hall–Kier alpha value is -0.0600. The van der Waals surface area contributed by atoms with Gasteiger partial charge in [-0.05, 0) is 23.0 Å². The van der Waals surface area contributed by atoms with Crippen molar-refractivity contribution in [1.82, 2.24) is 15.1 Å². The molecule has 1 aromatic rings. The van der Waals surface area contributed by atoms with Crippen LogP contribution in [0.15, 0.2) is 16.9 Å². The summed E-state index contributed by atoms with van der Waals surface area (Å²) in [6, 6.07) is 0. The molecule has 0 spiro atoms. The standard InChI is InChI=1S/C6H10BrN3.ClH/c1-8-2-3-10-5-6(7)4-9-10;/h4-5,8H,2-3H2,1H3;1H. The first kappa shape index (κ1) is 10.9. The number of halogens is 2. The summed E-state index contributed by atoms with van der Waals surface area (Å²) in [7, 11) is 1.93. The van der Waals surface area contributed by atoms with E-state index in [0.717, 1.165) is 17.6 Å². The predicted molar refractivity (Wildman–Crippen MR) is 51.1 cm³/mol. The number of nitrogens with one attached hydrogen (secondary N) is 1. The second-order valence-corrected chi connectivity index (χ2v) is 2.94. The average Bonchev–Trinajstić information content (AvgIpc) is 2.31. The fraction of sp³-hybridized carbons (Fsp3) is 0.500. The van der Waals surface area contributed by atoms with Gasteiger partial charge in [0.05, 0.1) is 17.2 Å². The summed E-state index contributed by atoms with van der Waals surface area (Å²) in [5, 5.41) is 7.13. The molecule has 1 aromatic heterocycles. The maximum absolute atomic E-state index is 4.08. The summed E-state index contributed by atoms with van der Waals surface area (Å²) in [5.74, 6) is 0. The van der Waals surface area contributed by atoms with Crippen molar-refractivity contribution in [3.63, 3.8) is 0 Å². The molecule has 3 nitrogen and oxygen atoms in total. The summed E-state index contributed by atoms with van der Waals surface area (Å²) in [6.07, 6.45) is 3.74. The highest BCUT2D eigenvalue weighted by Crippen LogP contribution is 2.05. The molecule has 0 saturated heterocycles. The lowest BCUT2D eigenvalue weighted by molar-refractivity contribution is 0.584. The van der Waals surface area contributed by atoms with Crippen LogP contribution in [0.4, 0.5) is 0 Å². The van der Waals surface area contributed by atoms with E-state index >= 15 is 0 Å². The summed E-state index contributed by atoms with van der Waals surface area (Å²) >= 11 is 3.32. The Morgan fingerprint density at radius 1 is 1.73 bits per heavy atom. The molecule has 64 valence electrons. The molecule has 0 atom stereocenters. The van der Waals surface area contributed by atoms with Crippen molar-refractivity contribution >= 4 is 28.3 Å². The number of hydrogen-bond donors (Lipinski definition) is 1. The van der Waals surface area contributed by atoms with Gasteiger partial charge in [0.2, 0.25) is 0 Å². The SMILES string of the molecule is CNCCn1cc(Br)cn1.Cl. The summed E-state index contributed by atoms with van der Waals surface area (Å²) in [4.78, 5) is 0. The van der Waals surface area contributed by atoms with Crippen LogP contribution in [0.2, 0.25) is 0 Å². The molecule has 0 amide bonds. The molecular weight excluding hydrogens is 229 g/mol. The lowest BCUT2D eigenvalue weighted by atomic mass is 10.6. The van der Waals surface area contributed by atoms with Gasteiger partial charge in [-0.3, -0.25) is 4.68 Å². The van der Waals surface area contributed by atoms with E-state index in [9.17, 15) is 0 Å². The van der Waals surface area contributed by atoms with Crippen LogP contribution in [0.5, 0.6) is 0 Å². The molecule has 5 heteroatoms. The van der Waals surface area contributed by atoms with Crippen LogP contribution in [0.1, 0.15) is 0 Å². The number of aromatic nitrogens is 2. The van der Waals surface area contributed by atoms with E-state index in [1.54, 1.807) is 6.20 Å². The van der Waals surface area contributed by atoms with Crippen molar-refractivity contribution in [2.45, 2.75) is 6.54 Å². The average molecular weight is 241 g/mol. The van der Waals surface area contributed by atoms with Crippen molar-refractivity contribution in [2.24, 2.45) is 0 Å². The van der Waals surface area contributed by atoms with Crippen molar-refractivity contribution in [3.8, 4) is 0 Å². The van der Waals surface area contributed by atoms with Crippen molar-refractivity contribution in [3.05, 3.63) is 16.9 Å². The van der Waals surface area contributed by atoms with Gasteiger partial charge in [0.1, 0.15) is 0 Å². The quantitative estimate of drug-likeness (QED) is 0.863. The topological polar surface area (TPSA) is 29.9 Å². The van der Waals surface area contributed by atoms with E-state index in [2.05, 4.69) is 26.3 Å². The van der Waals surface area contributed by atoms with Gasteiger partial charge >= 0.3 is 0 Å². The van der Waals surface area contributed by atoms with Crippen molar-refractivity contribution in [1.29, 1.82) is 0 Å². The Morgan fingerprint density at radius 2 is 2.45 bits per heavy atom. The normalized spacial score (nSPS) is 9.27. The zero-order valence-corrected chi connectivity index (χ0v) is 8.65. The maximum atomic E-state index is 4.08. The van der Waals surface area contributed by atoms with Gasteiger partial charge < -0.3 is 5.32 Å². The molecule has 0 aliphatic carbocycles. The van der Waals surface area contributed by atoms with Crippen LogP contribution in [0.3, 0.4) is 0 Å². The van der Waals surface area contributed by atoms with Gasteiger partial charge in [0.25, 0.3) is 0 Å². The van der Waals surface area contributed by atoms with Crippen LogP contribution in [-0.2, 0) is 6.54 Å². The highest BCUT2D eigenvalue weighted by molar-refractivity contribution is 9.10. The van der Waals surface area contributed by atoms with Crippen LogP contribution in [0, 0.1) is 0 Å². The molecule has 0 aliphatic rings. The molecule has 0 saturated carbocycles. The van der Waals surface area contributed by atoms with Gasteiger partial charge in [0.15, 0.2) is 0 Å². The third-order valence-corrected chi connectivity index (χ3v) is 1.60. The highest BCUT2D eigenvalue weighted by atomic mass is 79.9. The van der Waals surface area contributed by atoms with Gasteiger partial charge in [-0.1, -0.05) is 0 Å². The van der Waals surface area contributed by atoms with Gasteiger partial charge in [-0.2, -0.15) is 5.10 Å². The Labute approximate surface area is 80.7 Å². The smallest absolute Gasteiger partial charge is 0.0632 e. The van der Waals surface area contributed by atoms with Crippen LogP contribution in [0.25, 0.3) is 0 Å². The molecule has 1 N–H and O–H groups in total. The minimum absolute atomic E-state index is 0. The Balaban J connectivity index is 0.000001000. The molecule has 0 unspecified atom stereocenters. The molecule has 1 heterocycles. The van der Waals surface area contributed by atoms with Crippen LogP contribution in [-0.4, -0.2) is 23.4 Å². The Kier molecular flexibility index (Phi) is 5.54. The summed E-state index contributed by atoms with van der Waals surface area (Å²) < 4.78 is 2.92. The van der Waals surface area contributed by atoms with E-state index in [4.69, 9.17) is 0 Å². The number of nitrogens with zero attached hydrogens (tertiary/aromatic N) is 2. The number of likely N-dealkylation sites (N-methyl/N-ethyl adjacent to an activating group) is 1. The molecule has 0 fully saturated rings. The fourth-order valence-corrected chi connectivity index (χ4v) is 1.01. The molecule has 0 radical (unpaired) electrons. The lowest BCUT2D eigenvalue weighted by Crippen LogP contribution is -2.14. The second-order valence-electron chi connectivity index (χ2n) is 2.03. The van der Waals surface area contributed by atoms with E-state index in [1.165, 1.54) is 0 Å². The largest absolute Gasteiger partial charge is 0.318 e. The molecule has 0 aliphatic heterocycles. The molecular formula is C6H11BrClN3. The zero-order chi connectivity index (χ0) is 7.40. The predicted octanol–water partition coefficient (Wildman–Crippen LogP) is 1.29. The van der Waals surface area contributed by atoms with Gasteiger partial charge in [0, 0.05) is 12.7 Å². The molecule has 0 bridgehead atoms. The zero-order valence-electron chi connectivity index (χ0n) is 6.25. The summed E-state index contributed by atoms with van der Waals surface area (Å²) in [5.41, 5.74) is 0. The van der Waals surface area contributed by atoms with E-state index in [1.807, 2.05) is 17.9 Å². The van der Waals surface area contributed by atoms with Crippen LogP contribution < -0.4 is 5.32 Å². The maximum Gasteiger partial charge on any atom is 0.0632 e. The van der Waals surface area contributed by atoms with E-state index in [-0.39, 0.29) is 12.4 Å². The van der Waals surface area contributed by atoms with Gasteiger partial charge in [-0.25, -0.2) is 0 Å². The fourth-order valence-electron chi connectivity index (χ4n) is 0.687. The first-order valence-corrected chi connectivity index (χ1v) is 3.95. The first-order valence-electron chi connectivity index (χ1n) is 3.15. The highest BCUT2D eigenvalue weighted by Gasteiger charge is 1.91. The monoisotopic (exact) mass is 239 g/mol. The molecule has 0 aromatic carbocycles. The minimum atomic E-state index is 0. The second kappa shape index (κ2) is 5.57. The van der Waals surface area contributed by atoms with E-state index in [0.29, 0.717) is 0 Å². The third-order valence-electron chi connectivity index (χ3n) is 1.19. The van der Waals surface area contributed by atoms with E-state index < -0.39 is 0 Å². The van der Waals surface area contributed by atoms with Crippen molar-refractivity contribution < 1.29 is 0 Å². The molecule has 1 rings (SSSR count). The number of hydrogen-bond acceptors (Lipinski definition) is 2. The van der Waals surface area contributed by atoms with Crippen LogP contribution >= 0.6 is 28.3 Å². The Bertz CT molecular complexity index is 201. The molecule has 11 heavy (non-hydrogen) atoms. The minimum Gasteiger partial charge on any atom is -0.318 e. The third kappa shape index (κ3) is 3.74. The van der Waals surface area contributed by atoms with Crippen molar-refractivity contribution in [2.75, 3.05) is 13.6 Å². The number of rotatable bonds is 3. The van der Waals surface area contributed by atoms with Gasteiger partial charge in [-0.15, -0.1) is 12.4 Å².